The Morgan fingerprint density at radius 1 is 1.26 bits per heavy atom. The zero-order valence-corrected chi connectivity index (χ0v) is 13.5. The Balaban J connectivity index is 1.41. The van der Waals surface area contributed by atoms with E-state index in [1.807, 2.05) is 36.8 Å². The van der Waals surface area contributed by atoms with E-state index in [0.717, 1.165) is 36.7 Å². The Bertz CT molecular complexity index is 779. The molecule has 0 aliphatic heterocycles. The number of nitrogens with zero attached hydrogens (tertiary/aromatic N) is 2. The molecule has 0 spiro atoms. The van der Waals surface area contributed by atoms with Crippen LogP contribution in [0.15, 0.2) is 43.0 Å². The lowest BCUT2D eigenvalue weighted by atomic mass is 10.2. The van der Waals surface area contributed by atoms with Crippen molar-refractivity contribution in [2.45, 2.75) is 25.8 Å². The van der Waals surface area contributed by atoms with Gasteiger partial charge in [-0.3, -0.25) is 4.79 Å². The smallest absolute Gasteiger partial charge is 0.267 e. The molecule has 6 heteroatoms. The summed E-state index contributed by atoms with van der Waals surface area (Å²) in [6, 6.07) is 7.36. The van der Waals surface area contributed by atoms with Crippen LogP contribution in [0.2, 0.25) is 5.02 Å². The normalized spacial score (nSPS) is 11.0. The van der Waals surface area contributed by atoms with Crippen molar-refractivity contribution < 1.29 is 4.79 Å². The van der Waals surface area contributed by atoms with E-state index in [-0.39, 0.29) is 5.91 Å². The summed E-state index contributed by atoms with van der Waals surface area (Å²) in [5.74, 6) is -0.0769. The highest BCUT2D eigenvalue weighted by atomic mass is 35.5. The van der Waals surface area contributed by atoms with E-state index in [4.69, 9.17) is 11.6 Å². The number of aryl methyl sites for hydroxylation is 1. The molecule has 2 heterocycles. The third-order valence-electron chi connectivity index (χ3n) is 3.77. The number of H-pyrrole nitrogens is 1. The molecular formula is C17H19ClN4O. The number of carbonyl (C=O) groups is 1. The Hall–Kier alpha value is -2.27. The van der Waals surface area contributed by atoms with Crippen LogP contribution in [0, 0.1) is 0 Å². The summed E-state index contributed by atoms with van der Waals surface area (Å²) in [5.41, 5.74) is 1.49. The fraction of sp³-hybridized carbons (Fsp3) is 0.294. The minimum absolute atomic E-state index is 0.0769. The number of fused-ring (bicyclic) bond motifs is 1. The molecule has 2 N–H and O–H groups in total. The van der Waals surface area contributed by atoms with Gasteiger partial charge in [-0.2, -0.15) is 0 Å². The second kappa shape index (κ2) is 7.33. The molecule has 0 unspecified atom stereocenters. The molecular weight excluding hydrogens is 312 g/mol. The van der Waals surface area contributed by atoms with Crippen LogP contribution in [0.1, 0.15) is 29.8 Å². The standard InChI is InChI=1S/C17H19ClN4O/c18-14-4-5-15-13(10-14)11-16(21-15)17(23)20-6-2-1-3-8-22-9-7-19-12-22/h4-5,7,9-12,21H,1-3,6,8H2,(H,20,23). The minimum atomic E-state index is -0.0769. The van der Waals surface area contributed by atoms with Crippen LogP contribution in [0.3, 0.4) is 0 Å². The molecule has 0 saturated heterocycles. The zero-order valence-electron chi connectivity index (χ0n) is 12.8. The summed E-state index contributed by atoms with van der Waals surface area (Å²) in [4.78, 5) is 19.3. The molecule has 0 saturated carbocycles. The van der Waals surface area contributed by atoms with Gasteiger partial charge in [0, 0.05) is 41.4 Å². The highest BCUT2D eigenvalue weighted by Gasteiger charge is 2.08. The van der Waals surface area contributed by atoms with Gasteiger partial charge < -0.3 is 14.9 Å². The van der Waals surface area contributed by atoms with Gasteiger partial charge >= 0.3 is 0 Å². The first-order valence-corrected chi connectivity index (χ1v) is 8.12. The van der Waals surface area contributed by atoms with Gasteiger partial charge in [0.15, 0.2) is 0 Å². The largest absolute Gasteiger partial charge is 0.351 e. The summed E-state index contributed by atoms with van der Waals surface area (Å²) in [6.45, 7) is 1.65. The lowest BCUT2D eigenvalue weighted by Gasteiger charge is -2.04. The van der Waals surface area contributed by atoms with Crippen LogP contribution in [-0.2, 0) is 6.54 Å². The number of imidazole rings is 1. The third-order valence-corrected chi connectivity index (χ3v) is 4.00. The maximum atomic E-state index is 12.1. The number of unbranched alkanes of at least 4 members (excludes halogenated alkanes) is 2. The highest BCUT2D eigenvalue weighted by Crippen LogP contribution is 2.20. The predicted molar refractivity (Wildman–Crippen MR) is 91.7 cm³/mol. The van der Waals surface area contributed by atoms with Gasteiger partial charge in [-0.05, 0) is 43.5 Å². The van der Waals surface area contributed by atoms with Gasteiger partial charge in [-0.1, -0.05) is 11.6 Å². The van der Waals surface area contributed by atoms with Crippen LogP contribution in [-0.4, -0.2) is 27.0 Å². The van der Waals surface area contributed by atoms with Crippen molar-refractivity contribution in [3.63, 3.8) is 0 Å². The van der Waals surface area contributed by atoms with Gasteiger partial charge in [-0.15, -0.1) is 0 Å². The maximum absolute atomic E-state index is 12.1. The molecule has 1 aromatic carbocycles. The highest BCUT2D eigenvalue weighted by molar-refractivity contribution is 6.31. The molecule has 23 heavy (non-hydrogen) atoms. The van der Waals surface area contributed by atoms with Gasteiger partial charge in [-0.25, -0.2) is 4.98 Å². The van der Waals surface area contributed by atoms with E-state index in [2.05, 4.69) is 19.9 Å². The summed E-state index contributed by atoms with van der Waals surface area (Å²) in [7, 11) is 0. The average Bonchev–Trinajstić information content (AvgIpc) is 3.19. The maximum Gasteiger partial charge on any atom is 0.267 e. The topological polar surface area (TPSA) is 62.7 Å². The van der Waals surface area contributed by atoms with Crippen LogP contribution >= 0.6 is 11.6 Å². The number of nitrogens with one attached hydrogen (secondary N) is 2. The van der Waals surface area contributed by atoms with Crippen molar-refractivity contribution >= 4 is 28.4 Å². The second-order valence-corrected chi connectivity index (χ2v) is 5.97. The molecule has 0 atom stereocenters. The van der Waals surface area contributed by atoms with Crippen LogP contribution in [0.5, 0.6) is 0 Å². The number of aromatic amines is 1. The fourth-order valence-corrected chi connectivity index (χ4v) is 2.72. The van der Waals surface area contributed by atoms with Gasteiger partial charge in [0.2, 0.25) is 0 Å². The first kappa shape index (κ1) is 15.6. The van der Waals surface area contributed by atoms with Crippen molar-refractivity contribution in [2.75, 3.05) is 6.54 Å². The van der Waals surface area contributed by atoms with E-state index in [0.29, 0.717) is 17.3 Å². The van der Waals surface area contributed by atoms with Gasteiger partial charge in [0.1, 0.15) is 5.69 Å². The molecule has 3 rings (SSSR count). The molecule has 1 amide bonds. The number of hydrogen-bond acceptors (Lipinski definition) is 2. The third kappa shape index (κ3) is 4.13. The zero-order chi connectivity index (χ0) is 16.1. The van der Waals surface area contributed by atoms with E-state index in [1.54, 1.807) is 6.20 Å². The number of rotatable bonds is 7. The Morgan fingerprint density at radius 2 is 2.17 bits per heavy atom. The number of amides is 1. The van der Waals surface area contributed by atoms with Crippen LogP contribution in [0.4, 0.5) is 0 Å². The average molecular weight is 331 g/mol. The molecule has 0 aliphatic carbocycles. The van der Waals surface area contributed by atoms with Gasteiger partial charge in [0.05, 0.1) is 6.33 Å². The molecule has 2 aromatic heterocycles. The van der Waals surface area contributed by atoms with Crippen molar-refractivity contribution in [3.8, 4) is 0 Å². The fourth-order valence-electron chi connectivity index (χ4n) is 2.54. The predicted octanol–water partition coefficient (Wildman–Crippen LogP) is 3.62. The Labute approximate surface area is 139 Å². The molecule has 0 aliphatic rings. The van der Waals surface area contributed by atoms with Crippen molar-refractivity contribution in [3.05, 3.63) is 53.7 Å². The Morgan fingerprint density at radius 3 is 3.00 bits per heavy atom. The summed E-state index contributed by atoms with van der Waals surface area (Å²) >= 11 is 5.96. The van der Waals surface area contributed by atoms with E-state index in [1.165, 1.54) is 0 Å². The molecule has 120 valence electrons. The SMILES string of the molecule is O=C(NCCCCCn1ccnc1)c1cc2cc(Cl)ccc2[nH]1. The second-order valence-electron chi connectivity index (χ2n) is 5.53. The van der Waals surface area contributed by atoms with Crippen molar-refractivity contribution in [1.29, 1.82) is 0 Å². The van der Waals surface area contributed by atoms with Gasteiger partial charge in [0.25, 0.3) is 5.91 Å². The number of aromatic nitrogens is 3. The van der Waals surface area contributed by atoms with Crippen molar-refractivity contribution in [1.82, 2.24) is 19.9 Å². The Kier molecular flexibility index (Phi) is 4.98. The summed E-state index contributed by atoms with van der Waals surface area (Å²) in [6.07, 6.45) is 8.69. The number of carbonyl (C=O) groups excluding carboxylic acids is 1. The molecule has 3 aromatic rings. The molecule has 5 nitrogen and oxygen atoms in total. The number of halogens is 1. The molecule has 0 fully saturated rings. The van der Waals surface area contributed by atoms with Crippen LogP contribution in [0.25, 0.3) is 10.9 Å². The minimum Gasteiger partial charge on any atom is -0.351 e. The van der Waals surface area contributed by atoms with Crippen LogP contribution < -0.4 is 5.32 Å². The molecule has 0 bridgehead atoms. The van der Waals surface area contributed by atoms with E-state index >= 15 is 0 Å². The summed E-state index contributed by atoms with van der Waals surface area (Å²) in [5, 5.41) is 4.56. The first-order valence-electron chi connectivity index (χ1n) is 7.74. The summed E-state index contributed by atoms with van der Waals surface area (Å²) < 4.78 is 2.06. The van der Waals surface area contributed by atoms with E-state index in [9.17, 15) is 4.79 Å². The quantitative estimate of drug-likeness (QED) is 0.650. The van der Waals surface area contributed by atoms with E-state index < -0.39 is 0 Å². The lowest BCUT2D eigenvalue weighted by molar-refractivity contribution is 0.0949. The monoisotopic (exact) mass is 330 g/mol. The number of benzene rings is 1. The van der Waals surface area contributed by atoms with Crippen molar-refractivity contribution in [2.24, 2.45) is 0 Å². The number of hydrogen-bond donors (Lipinski definition) is 2. The lowest BCUT2D eigenvalue weighted by Crippen LogP contribution is -2.24. The molecule has 0 radical (unpaired) electrons. The first-order chi connectivity index (χ1) is 11.2.